The van der Waals surface area contributed by atoms with Crippen LogP contribution in [0.5, 0.6) is 0 Å². The number of carbonyl (C=O) groups excluding carboxylic acids is 1. The Morgan fingerprint density at radius 3 is 2.65 bits per heavy atom. The number of hydrogen-bond donors (Lipinski definition) is 2. The Balaban J connectivity index is 1.95. The number of hydrogen-bond acceptors (Lipinski definition) is 2. The number of aromatic nitrogens is 2. The van der Waals surface area contributed by atoms with Crippen LogP contribution >= 0.6 is 23.8 Å². The number of H-pyrrole nitrogens is 1. The second-order valence-electron chi connectivity index (χ2n) is 4.73. The van der Waals surface area contributed by atoms with Crippen molar-refractivity contribution in [2.75, 3.05) is 5.32 Å². The number of carbonyl (C=O) groups is 1. The Morgan fingerprint density at radius 1 is 1.22 bits per heavy atom. The van der Waals surface area contributed by atoms with Crippen LogP contribution in [-0.4, -0.2) is 15.5 Å². The summed E-state index contributed by atoms with van der Waals surface area (Å²) in [5, 5.41) is 2.61. The second kappa shape index (κ2) is 6.36. The maximum absolute atomic E-state index is 13.2. The summed E-state index contributed by atoms with van der Waals surface area (Å²) >= 11 is 11.0. The van der Waals surface area contributed by atoms with E-state index in [2.05, 4.69) is 10.3 Å². The molecule has 1 heterocycles. The second-order valence-corrected chi connectivity index (χ2v) is 5.53. The average Bonchev–Trinajstić information content (AvgIpc) is 2.93. The van der Waals surface area contributed by atoms with Gasteiger partial charge in [-0.1, -0.05) is 29.8 Å². The molecular formula is C16H11ClFN3OS. The number of halogens is 2. The standard InChI is InChI=1S/C16H11ClFN3OS/c17-12-8-10(6-7-13(12)18)20-15(22)14-9-19-16(23)21(14)11-4-2-1-3-5-11/h1-9H,(H,19,23)(H,20,22). The van der Waals surface area contributed by atoms with E-state index in [0.29, 0.717) is 16.2 Å². The van der Waals surface area contributed by atoms with E-state index in [1.165, 1.54) is 24.4 Å². The van der Waals surface area contributed by atoms with Crippen molar-refractivity contribution in [2.24, 2.45) is 0 Å². The zero-order valence-corrected chi connectivity index (χ0v) is 13.3. The first-order chi connectivity index (χ1) is 11.1. The molecule has 0 fully saturated rings. The monoisotopic (exact) mass is 347 g/mol. The molecule has 3 rings (SSSR count). The number of imidazole rings is 1. The molecule has 0 bridgehead atoms. The van der Waals surface area contributed by atoms with E-state index in [1.807, 2.05) is 30.3 Å². The molecule has 0 aliphatic rings. The minimum Gasteiger partial charge on any atom is -0.336 e. The van der Waals surface area contributed by atoms with Crippen molar-refractivity contribution in [1.82, 2.24) is 9.55 Å². The van der Waals surface area contributed by atoms with Gasteiger partial charge in [0.15, 0.2) is 4.77 Å². The Kier molecular flexibility index (Phi) is 4.27. The van der Waals surface area contributed by atoms with Gasteiger partial charge in [0.1, 0.15) is 11.5 Å². The molecule has 0 saturated heterocycles. The van der Waals surface area contributed by atoms with Crippen LogP contribution < -0.4 is 5.32 Å². The number of nitrogens with one attached hydrogen (secondary N) is 2. The number of rotatable bonds is 3. The van der Waals surface area contributed by atoms with Crippen molar-refractivity contribution in [3.05, 3.63) is 76.0 Å². The summed E-state index contributed by atoms with van der Waals surface area (Å²) in [7, 11) is 0. The summed E-state index contributed by atoms with van der Waals surface area (Å²) in [5.74, 6) is -0.928. The topological polar surface area (TPSA) is 49.8 Å². The molecule has 2 N–H and O–H groups in total. The first kappa shape index (κ1) is 15.5. The third-order valence-electron chi connectivity index (χ3n) is 3.20. The van der Waals surface area contributed by atoms with Gasteiger partial charge in [0.25, 0.3) is 5.91 Å². The van der Waals surface area contributed by atoms with E-state index < -0.39 is 5.82 Å². The van der Waals surface area contributed by atoms with E-state index in [9.17, 15) is 9.18 Å². The molecule has 0 spiro atoms. The van der Waals surface area contributed by atoms with Crippen LogP contribution in [0.4, 0.5) is 10.1 Å². The molecule has 0 unspecified atom stereocenters. The number of benzene rings is 2. The summed E-state index contributed by atoms with van der Waals surface area (Å²) in [6.45, 7) is 0. The zero-order valence-electron chi connectivity index (χ0n) is 11.7. The number of nitrogens with zero attached hydrogens (tertiary/aromatic N) is 1. The lowest BCUT2D eigenvalue weighted by molar-refractivity contribution is 0.102. The molecule has 4 nitrogen and oxygen atoms in total. The molecule has 2 aromatic carbocycles. The molecule has 0 atom stereocenters. The minimum atomic E-state index is -0.543. The van der Waals surface area contributed by atoms with Gasteiger partial charge in [-0.05, 0) is 42.5 Å². The lowest BCUT2D eigenvalue weighted by Crippen LogP contribution is -2.16. The minimum absolute atomic E-state index is 0.0586. The molecule has 7 heteroatoms. The number of anilines is 1. The smallest absolute Gasteiger partial charge is 0.274 e. The number of amides is 1. The molecule has 0 aliphatic heterocycles. The molecule has 1 amide bonds. The van der Waals surface area contributed by atoms with Crippen molar-refractivity contribution in [3.8, 4) is 5.69 Å². The molecule has 116 valence electrons. The van der Waals surface area contributed by atoms with Crippen molar-refractivity contribution in [1.29, 1.82) is 0 Å². The fourth-order valence-corrected chi connectivity index (χ4v) is 2.58. The van der Waals surface area contributed by atoms with Gasteiger partial charge >= 0.3 is 0 Å². The molecule has 1 aromatic heterocycles. The van der Waals surface area contributed by atoms with Gasteiger partial charge < -0.3 is 10.3 Å². The van der Waals surface area contributed by atoms with Gasteiger partial charge in [-0.2, -0.15) is 0 Å². The molecular weight excluding hydrogens is 337 g/mol. The number of aromatic amines is 1. The Labute approximate surface area is 141 Å². The fraction of sp³-hybridized carbons (Fsp3) is 0. The predicted molar refractivity (Wildman–Crippen MR) is 90.3 cm³/mol. The van der Waals surface area contributed by atoms with Crippen molar-refractivity contribution in [2.45, 2.75) is 0 Å². The molecule has 0 aliphatic carbocycles. The Hall–Kier alpha value is -2.44. The average molecular weight is 348 g/mol. The zero-order chi connectivity index (χ0) is 16.4. The van der Waals surface area contributed by atoms with Crippen molar-refractivity contribution in [3.63, 3.8) is 0 Å². The third-order valence-corrected chi connectivity index (χ3v) is 3.79. The van der Waals surface area contributed by atoms with E-state index >= 15 is 0 Å². The Bertz CT molecular complexity index is 921. The van der Waals surface area contributed by atoms with Crippen molar-refractivity contribution < 1.29 is 9.18 Å². The first-order valence-electron chi connectivity index (χ1n) is 6.68. The first-order valence-corrected chi connectivity index (χ1v) is 7.47. The molecule has 3 aromatic rings. The third kappa shape index (κ3) is 3.18. The largest absolute Gasteiger partial charge is 0.336 e. The van der Waals surface area contributed by atoms with Gasteiger partial charge in [0.2, 0.25) is 0 Å². The van der Waals surface area contributed by atoms with Crippen LogP contribution in [0.1, 0.15) is 10.5 Å². The normalized spacial score (nSPS) is 10.5. The maximum atomic E-state index is 13.2. The molecule has 23 heavy (non-hydrogen) atoms. The van der Waals surface area contributed by atoms with Crippen molar-refractivity contribution >= 4 is 35.4 Å². The highest BCUT2D eigenvalue weighted by molar-refractivity contribution is 7.71. The van der Waals surface area contributed by atoms with Gasteiger partial charge in [-0.25, -0.2) is 4.39 Å². The SMILES string of the molecule is O=C(Nc1ccc(F)c(Cl)c1)c1c[nH]c(=S)n1-c1ccccc1. The van der Waals surface area contributed by atoms with Gasteiger partial charge in [-0.15, -0.1) is 0 Å². The molecule has 0 saturated carbocycles. The van der Waals surface area contributed by atoms with E-state index in [1.54, 1.807) is 4.57 Å². The van der Waals surface area contributed by atoms with Gasteiger partial charge in [0.05, 0.1) is 5.02 Å². The summed E-state index contributed by atoms with van der Waals surface area (Å²) in [5.41, 5.74) is 1.50. The highest BCUT2D eigenvalue weighted by Crippen LogP contribution is 2.20. The molecule has 0 radical (unpaired) electrons. The van der Waals surface area contributed by atoms with E-state index in [0.717, 1.165) is 5.69 Å². The fourth-order valence-electron chi connectivity index (χ4n) is 2.14. The van der Waals surface area contributed by atoms with Crippen LogP contribution in [0.2, 0.25) is 5.02 Å². The quantitative estimate of drug-likeness (QED) is 0.681. The van der Waals surface area contributed by atoms with Gasteiger partial charge in [0, 0.05) is 17.6 Å². The summed E-state index contributed by atoms with van der Waals surface area (Å²) in [6.07, 6.45) is 1.52. The van der Waals surface area contributed by atoms with Crippen LogP contribution in [0.15, 0.2) is 54.7 Å². The van der Waals surface area contributed by atoms with Crippen LogP contribution in [0, 0.1) is 10.6 Å². The van der Waals surface area contributed by atoms with E-state index in [4.69, 9.17) is 23.8 Å². The highest BCUT2D eigenvalue weighted by atomic mass is 35.5. The summed E-state index contributed by atoms with van der Waals surface area (Å²) in [4.78, 5) is 15.3. The predicted octanol–water partition coefficient (Wildman–Crippen LogP) is 4.58. The van der Waals surface area contributed by atoms with Crippen LogP contribution in [0.3, 0.4) is 0 Å². The highest BCUT2D eigenvalue weighted by Gasteiger charge is 2.15. The Morgan fingerprint density at radius 2 is 1.96 bits per heavy atom. The van der Waals surface area contributed by atoms with Crippen LogP contribution in [0.25, 0.3) is 5.69 Å². The summed E-state index contributed by atoms with van der Waals surface area (Å²) in [6, 6.07) is 13.2. The van der Waals surface area contributed by atoms with Crippen LogP contribution in [-0.2, 0) is 0 Å². The number of para-hydroxylation sites is 1. The summed E-state index contributed by atoms with van der Waals surface area (Å²) < 4.78 is 15.2. The lowest BCUT2D eigenvalue weighted by atomic mass is 10.3. The van der Waals surface area contributed by atoms with Gasteiger partial charge in [-0.3, -0.25) is 9.36 Å². The maximum Gasteiger partial charge on any atom is 0.274 e. The van der Waals surface area contributed by atoms with E-state index in [-0.39, 0.29) is 10.9 Å². The lowest BCUT2D eigenvalue weighted by Gasteiger charge is -2.09.